The van der Waals surface area contributed by atoms with E-state index in [1.807, 2.05) is 0 Å². The van der Waals surface area contributed by atoms with Crippen LogP contribution >= 0.6 is 31.9 Å². The van der Waals surface area contributed by atoms with Crippen molar-refractivity contribution in [2.24, 2.45) is 0 Å². The molecule has 0 fully saturated rings. The molecular formula is C10H8Br2FNO2. The topological polar surface area (TPSA) is 49.3 Å². The van der Waals surface area contributed by atoms with Crippen molar-refractivity contribution >= 4 is 43.5 Å². The molecule has 2 N–H and O–H groups in total. The van der Waals surface area contributed by atoms with E-state index >= 15 is 0 Å². The quantitative estimate of drug-likeness (QED) is 0.870. The number of hydrogen-bond acceptors (Lipinski definition) is 2. The highest BCUT2D eigenvalue weighted by atomic mass is 79.9. The fourth-order valence-electron chi connectivity index (χ4n) is 1.04. The van der Waals surface area contributed by atoms with Crippen LogP contribution < -0.4 is 5.32 Å². The normalized spacial score (nSPS) is 9.94. The molecule has 0 spiro atoms. The first-order chi connectivity index (χ1) is 7.43. The average molecular weight is 353 g/mol. The molecule has 0 heterocycles. The molecule has 0 radical (unpaired) electrons. The molecule has 0 aliphatic carbocycles. The number of carbonyl (C=O) groups is 1. The van der Waals surface area contributed by atoms with Crippen LogP contribution in [0.2, 0.25) is 0 Å². The number of nitrogens with one attached hydrogen (secondary N) is 1. The summed E-state index contributed by atoms with van der Waals surface area (Å²) in [7, 11) is 0. The van der Waals surface area contributed by atoms with E-state index in [9.17, 15) is 9.18 Å². The van der Waals surface area contributed by atoms with Gasteiger partial charge in [0.1, 0.15) is 0 Å². The summed E-state index contributed by atoms with van der Waals surface area (Å²) in [5.41, 5.74) is 0.109. The Kier molecular flexibility index (Phi) is 4.49. The maximum atomic E-state index is 13.7. The molecule has 86 valence electrons. The van der Waals surface area contributed by atoms with Gasteiger partial charge in [0.05, 0.1) is 15.7 Å². The highest BCUT2D eigenvalue weighted by Gasteiger charge is 2.15. The predicted octanol–water partition coefficient (Wildman–Crippen LogP) is 3.61. The van der Waals surface area contributed by atoms with E-state index in [-0.39, 0.29) is 15.7 Å². The molecule has 1 aromatic rings. The van der Waals surface area contributed by atoms with Gasteiger partial charge in [-0.05, 0) is 28.1 Å². The first-order valence-electron chi connectivity index (χ1n) is 4.22. The van der Waals surface area contributed by atoms with E-state index in [0.717, 1.165) is 0 Å². The van der Waals surface area contributed by atoms with Gasteiger partial charge in [-0.1, -0.05) is 22.5 Å². The molecule has 0 saturated heterocycles. The molecule has 1 aromatic carbocycles. The van der Waals surface area contributed by atoms with Gasteiger partial charge < -0.3 is 10.4 Å². The molecule has 0 atom stereocenters. The number of carboxylic acid groups (broad SMARTS) is 1. The van der Waals surface area contributed by atoms with Crippen molar-refractivity contribution in [3.05, 3.63) is 39.0 Å². The maximum absolute atomic E-state index is 13.7. The van der Waals surface area contributed by atoms with Gasteiger partial charge in [0.15, 0.2) is 5.82 Å². The van der Waals surface area contributed by atoms with Crippen LogP contribution in [0.3, 0.4) is 0 Å². The molecule has 0 saturated carbocycles. The van der Waals surface area contributed by atoms with Crippen LogP contribution in [0.4, 0.5) is 10.1 Å². The Bertz CT molecular complexity index is 449. The molecule has 3 nitrogen and oxygen atoms in total. The number of hydrogen-bond donors (Lipinski definition) is 2. The van der Waals surface area contributed by atoms with Gasteiger partial charge in [0.2, 0.25) is 0 Å². The second-order valence-electron chi connectivity index (χ2n) is 2.96. The van der Waals surface area contributed by atoms with E-state index in [0.29, 0.717) is 11.0 Å². The van der Waals surface area contributed by atoms with Crippen LogP contribution in [-0.4, -0.2) is 17.6 Å². The number of benzene rings is 1. The molecule has 16 heavy (non-hydrogen) atoms. The first kappa shape index (κ1) is 13.2. The zero-order valence-electron chi connectivity index (χ0n) is 8.06. The largest absolute Gasteiger partial charge is 0.478 e. The highest BCUT2D eigenvalue weighted by Crippen LogP contribution is 2.27. The lowest BCUT2D eigenvalue weighted by molar-refractivity contribution is 0.0695. The molecule has 1 rings (SSSR count). The third-order valence-corrected chi connectivity index (χ3v) is 2.84. The summed E-state index contributed by atoms with van der Waals surface area (Å²) >= 11 is 6.04. The lowest BCUT2D eigenvalue weighted by Crippen LogP contribution is -2.06. The molecule has 0 aliphatic rings. The smallest absolute Gasteiger partial charge is 0.336 e. The number of carboxylic acids is 1. The van der Waals surface area contributed by atoms with Crippen LogP contribution in [0.1, 0.15) is 10.4 Å². The summed E-state index contributed by atoms with van der Waals surface area (Å²) in [6, 6.07) is 2.70. The second kappa shape index (κ2) is 5.45. The lowest BCUT2D eigenvalue weighted by Gasteiger charge is -2.09. The van der Waals surface area contributed by atoms with Crippen LogP contribution in [0, 0.1) is 5.82 Å². The average Bonchev–Trinajstić information content (AvgIpc) is 2.19. The fourth-order valence-corrected chi connectivity index (χ4v) is 1.70. The van der Waals surface area contributed by atoms with E-state index in [2.05, 4.69) is 43.8 Å². The summed E-state index contributed by atoms with van der Waals surface area (Å²) in [4.78, 5) is 10.7. The van der Waals surface area contributed by atoms with Gasteiger partial charge in [-0.3, -0.25) is 0 Å². The number of anilines is 1. The Morgan fingerprint density at radius 1 is 1.56 bits per heavy atom. The summed E-state index contributed by atoms with van der Waals surface area (Å²) in [5.74, 6) is -1.81. The first-order valence-corrected chi connectivity index (χ1v) is 5.80. The Morgan fingerprint density at radius 3 is 2.69 bits per heavy atom. The van der Waals surface area contributed by atoms with Gasteiger partial charge in [0, 0.05) is 11.0 Å². The van der Waals surface area contributed by atoms with Crippen LogP contribution in [0.15, 0.2) is 27.7 Å². The van der Waals surface area contributed by atoms with Crippen molar-refractivity contribution in [2.45, 2.75) is 0 Å². The van der Waals surface area contributed by atoms with Crippen molar-refractivity contribution in [3.63, 3.8) is 0 Å². The van der Waals surface area contributed by atoms with Gasteiger partial charge in [0.25, 0.3) is 0 Å². The van der Waals surface area contributed by atoms with Crippen LogP contribution in [0.5, 0.6) is 0 Å². The zero-order valence-corrected chi connectivity index (χ0v) is 11.2. The molecule has 0 unspecified atom stereocenters. The minimum Gasteiger partial charge on any atom is -0.478 e. The second-order valence-corrected chi connectivity index (χ2v) is 4.88. The van der Waals surface area contributed by atoms with E-state index in [1.54, 1.807) is 0 Å². The minimum atomic E-state index is -1.18. The summed E-state index contributed by atoms with van der Waals surface area (Å²) in [6.45, 7) is 3.95. The third kappa shape index (κ3) is 3.05. The van der Waals surface area contributed by atoms with Gasteiger partial charge >= 0.3 is 5.97 Å². The van der Waals surface area contributed by atoms with Crippen molar-refractivity contribution in [1.82, 2.24) is 0 Å². The van der Waals surface area contributed by atoms with Crippen LogP contribution in [-0.2, 0) is 0 Å². The van der Waals surface area contributed by atoms with Gasteiger partial charge in [-0.25, -0.2) is 9.18 Å². The molecular weight excluding hydrogens is 345 g/mol. The Balaban J connectivity index is 3.02. The zero-order chi connectivity index (χ0) is 12.3. The minimum absolute atomic E-state index is 0.0646. The number of halogens is 3. The van der Waals surface area contributed by atoms with Crippen molar-refractivity contribution < 1.29 is 14.3 Å². The number of rotatable bonds is 4. The highest BCUT2D eigenvalue weighted by molar-refractivity contribution is 9.11. The third-order valence-electron chi connectivity index (χ3n) is 1.78. The molecule has 0 aliphatic heterocycles. The predicted molar refractivity (Wildman–Crippen MR) is 67.6 cm³/mol. The Morgan fingerprint density at radius 2 is 2.19 bits per heavy atom. The van der Waals surface area contributed by atoms with Crippen molar-refractivity contribution in [2.75, 3.05) is 11.9 Å². The van der Waals surface area contributed by atoms with Crippen molar-refractivity contribution in [3.8, 4) is 0 Å². The lowest BCUT2D eigenvalue weighted by atomic mass is 10.2. The Labute approximate surface area is 109 Å². The monoisotopic (exact) mass is 351 g/mol. The SMILES string of the molecule is C=C(Br)CNc1ccc(C(=O)O)c(Br)c1F. The standard InChI is InChI=1S/C10H8Br2FNO2/c1-5(11)4-14-7-3-2-6(10(15)16)8(12)9(7)13/h2-3,14H,1,4H2,(H,15,16). The van der Waals surface area contributed by atoms with E-state index < -0.39 is 11.8 Å². The van der Waals surface area contributed by atoms with Gasteiger partial charge in [-0.15, -0.1) is 0 Å². The molecule has 0 aromatic heterocycles. The summed E-state index contributed by atoms with van der Waals surface area (Å²) < 4.78 is 14.3. The van der Waals surface area contributed by atoms with E-state index in [4.69, 9.17) is 5.11 Å². The maximum Gasteiger partial charge on any atom is 0.336 e. The summed E-state index contributed by atoms with van der Waals surface area (Å²) in [5, 5.41) is 11.5. The van der Waals surface area contributed by atoms with Crippen molar-refractivity contribution in [1.29, 1.82) is 0 Å². The molecule has 0 bridgehead atoms. The van der Waals surface area contributed by atoms with Crippen LogP contribution in [0.25, 0.3) is 0 Å². The Hall–Kier alpha value is -0.880. The number of aromatic carboxylic acids is 1. The fraction of sp³-hybridized carbons (Fsp3) is 0.100. The molecule has 6 heteroatoms. The summed E-state index contributed by atoms with van der Waals surface area (Å²) in [6.07, 6.45) is 0. The molecule has 0 amide bonds. The van der Waals surface area contributed by atoms with Gasteiger partial charge in [-0.2, -0.15) is 0 Å². The van der Waals surface area contributed by atoms with E-state index in [1.165, 1.54) is 12.1 Å².